The van der Waals surface area contributed by atoms with Gasteiger partial charge in [0.25, 0.3) is 5.56 Å². The Morgan fingerprint density at radius 1 is 1.53 bits per heavy atom. The molecule has 0 unspecified atom stereocenters. The molecule has 0 fully saturated rings. The van der Waals surface area contributed by atoms with E-state index < -0.39 is 0 Å². The number of anilines is 1. The first-order valence-corrected chi connectivity index (χ1v) is 6.08. The van der Waals surface area contributed by atoms with E-state index >= 15 is 0 Å². The molecule has 0 aliphatic rings. The van der Waals surface area contributed by atoms with Crippen LogP contribution in [-0.2, 0) is 11.8 Å². The fourth-order valence-corrected chi connectivity index (χ4v) is 1.48. The number of aryl methyl sites for hydroxylation is 1. The van der Waals surface area contributed by atoms with Crippen molar-refractivity contribution in [1.29, 1.82) is 0 Å². The zero-order chi connectivity index (χ0) is 12.7. The van der Waals surface area contributed by atoms with Gasteiger partial charge < -0.3 is 10.1 Å². The highest BCUT2D eigenvalue weighted by atomic mass is 35.5. The Balaban J connectivity index is 2.37. The van der Waals surface area contributed by atoms with Crippen molar-refractivity contribution < 1.29 is 4.74 Å². The summed E-state index contributed by atoms with van der Waals surface area (Å²) in [6, 6.07) is 0. The summed E-state index contributed by atoms with van der Waals surface area (Å²) in [7, 11) is 1.56. The minimum Gasteiger partial charge on any atom is -0.380 e. The summed E-state index contributed by atoms with van der Waals surface area (Å²) < 4.78 is 6.58. The quantitative estimate of drug-likeness (QED) is 0.757. The number of nitrogens with zero attached hydrogens (tertiary/aromatic N) is 2. The molecule has 0 saturated heterocycles. The first-order valence-electron chi connectivity index (χ1n) is 5.70. The maximum atomic E-state index is 11.5. The van der Waals surface area contributed by atoms with Gasteiger partial charge in [-0.05, 0) is 6.42 Å². The van der Waals surface area contributed by atoms with Crippen molar-refractivity contribution in [3.05, 3.63) is 21.6 Å². The maximum Gasteiger partial charge on any atom is 0.287 e. The Bertz CT molecular complexity index is 406. The summed E-state index contributed by atoms with van der Waals surface area (Å²) >= 11 is 5.88. The summed E-state index contributed by atoms with van der Waals surface area (Å²) in [5.74, 6) is 0. The van der Waals surface area contributed by atoms with Crippen LogP contribution in [0.3, 0.4) is 0 Å². The number of hydrogen-bond acceptors (Lipinski definition) is 4. The second-order valence-electron chi connectivity index (χ2n) is 3.69. The third-order valence-corrected chi connectivity index (χ3v) is 2.65. The average molecular weight is 260 g/mol. The highest BCUT2D eigenvalue weighted by molar-refractivity contribution is 6.32. The van der Waals surface area contributed by atoms with Crippen LogP contribution in [0.2, 0.25) is 5.02 Å². The van der Waals surface area contributed by atoms with Gasteiger partial charge in [0.05, 0.1) is 18.5 Å². The molecular weight excluding hydrogens is 242 g/mol. The largest absolute Gasteiger partial charge is 0.380 e. The van der Waals surface area contributed by atoms with E-state index in [1.165, 1.54) is 10.9 Å². The number of rotatable bonds is 7. The lowest BCUT2D eigenvalue weighted by molar-refractivity contribution is 0.141. The summed E-state index contributed by atoms with van der Waals surface area (Å²) in [4.78, 5) is 11.5. The molecule has 0 amide bonds. The number of ether oxygens (including phenoxy) is 1. The van der Waals surface area contributed by atoms with Gasteiger partial charge in [-0.3, -0.25) is 4.79 Å². The first-order chi connectivity index (χ1) is 8.16. The Morgan fingerprint density at radius 2 is 2.29 bits per heavy atom. The maximum absolute atomic E-state index is 11.5. The van der Waals surface area contributed by atoms with Gasteiger partial charge in [0, 0.05) is 20.2 Å². The highest BCUT2D eigenvalue weighted by Crippen LogP contribution is 2.14. The molecule has 1 N–H and O–H groups in total. The molecule has 0 bridgehead atoms. The van der Waals surface area contributed by atoms with Crippen LogP contribution >= 0.6 is 11.6 Å². The molecule has 1 rings (SSSR count). The van der Waals surface area contributed by atoms with Crippen LogP contribution in [0.15, 0.2) is 11.0 Å². The minimum atomic E-state index is -0.302. The van der Waals surface area contributed by atoms with E-state index in [9.17, 15) is 4.79 Å². The summed E-state index contributed by atoms with van der Waals surface area (Å²) in [6.07, 6.45) is 3.72. The van der Waals surface area contributed by atoms with Crippen molar-refractivity contribution in [2.45, 2.75) is 19.8 Å². The van der Waals surface area contributed by atoms with Gasteiger partial charge in [0.1, 0.15) is 5.02 Å². The Hall–Kier alpha value is -1.07. The van der Waals surface area contributed by atoms with E-state index in [0.717, 1.165) is 19.4 Å². The van der Waals surface area contributed by atoms with Crippen LogP contribution in [0, 0.1) is 0 Å². The topological polar surface area (TPSA) is 56.1 Å². The zero-order valence-electron chi connectivity index (χ0n) is 10.2. The number of halogens is 1. The van der Waals surface area contributed by atoms with Gasteiger partial charge in [-0.25, -0.2) is 4.68 Å². The van der Waals surface area contributed by atoms with Crippen LogP contribution in [0.4, 0.5) is 5.69 Å². The normalized spacial score (nSPS) is 10.5. The fraction of sp³-hybridized carbons (Fsp3) is 0.636. The predicted molar refractivity (Wildman–Crippen MR) is 68.7 cm³/mol. The summed E-state index contributed by atoms with van der Waals surface area (Å²) in [5, 5.41) is 7.07. The molecule has 0 spiro atoms. The first kappa shape index (κ1) is 14.0. The predicted octanol–water partition coefficient (Wildman–Crippen LogP) is 1.66. The van der Waals surface area contributed by atoms with Gasteiger partial charge >= 0.3 is 0 Å². The van der Waals surface area contributed by atoms with Crippen molar-refractivity contribution >= 4 is 17.3 Å². The van der Waals surface area contributed by atoms with E-state index in [2.05, 4.69) is 17.3 Å². The zero-order valence-corrected chi connectivity index (χ0v) is 11.0. The lowest BCUT2D eigenvalue weighted by Gasteiger charge is -2.08. The number of unbranched alkanes of at least 4 members (excludes halogenated alkanes) is 1. The van der Waals surface area contributed by atoms with E-state index in [1.807, 2.05) is 0 Å². The number of aromatic nitrogens is 2. The third kappa shape index (κ3) is 4.36. The van der Waals surface area contributed by atoms with E-state index in [0.29, 0.717) is 18.8 Å². The van der Waals surface area contributed by atoms with Gasteiger partial charge in [0.15, 0.2) is 0 Å². The molecule has 0 atom stereocenters. The molecule has 96 valence electrons. The van der Waals surface area contributed by atoms with Crippen molar-refractivity contribution in [1.82, 2.24) is 9.78 Å². The van der Waals surface area contributed by atoms with Crippen LogP contribution in [0.5, 0.6) is 0 Å². The molecule has 17 heavy (non-hydrogen) atoms. The molecular formula is C11H18ClN3O2. The van der Waals surface area contributed by atoms with Gasteiger partial charge in [-0.1, -0.05) is 24.9 Å². The lowest BCUT2D eigenvalue weighted by atomic mass is 10.4. The molecule has 0 aromatic carbocycles. The van der Waals surface area contributed by atoms with Gasteiger partial charge in [-0.15, -0.1) is 0 Å². The number of nitrogens with one attached hydrogen (secondary N) is 1. The van der Waals surface area contributed by atoms with Gasteiger partial charge in [-0.2, -0.15) is 5.10 Å². The average Bonchev–Trinajstić information content (AvgIpc) is 2.33. The lowest BCUT2D eigenvalue weighted by Crippen LogP contribution is -2.22. The molecule has 5 nitrogen and oxygen atoms in total. The van der Waals surface area contributed by atoms with Crippen molar-refractivity contribution in [2.75, 3.05) is 25.1 Å². The van der Waals surface area contributed by atoms with Crippen molar-refractivity contribution in [3.63, 3.8) is 0 Å². The Morgan fingerprint density at radius 3 is 3.00 bits per heavy atom. The van der Waals surface area contributed by atoms with E-state index in [-0.39, 0.29) is 10.6 Å². The fourth-order valence-electron chi connectivity index (χ4n) is 1.24. The summed E-state index contributed by atoms with van der Waals surface area (Å²) in [6.45, 7) is 4.08. The molecule has 0 aliphatic carbocycles. The highest BCUT2D eigenvalue weighted by Gasteiger charge is 2.05. The van der Waals surface area contributed by atoms with E-state index in [4.69, 9.17) is 16.3 Å². The monoisotopic (exact) mass is 259 g/mol. The standard InChI is InChI=1S/C11H18ClN3O2/c1-3-4-6-17-7-5-13-9-8-14-15(2)11(16)10(9)12/h8,13H,3-7H2,1-2H3. The molecule has 6 heteroatoms. The third-order valence-electron chi connectivity index (χ3n) is 2.28. The molecule has 1 aromatic heterocycles. The second-order valence-corrected chi connectivity index (χ2v) is 4.07. The Labute approximate surface area is 106 Å². The molecule has 0 aliphatic heterocycles. The SMILES string of the molecule is CCCCOCCNc1cnn(C)c(=O)c1Cl. The molecule has 0 radical (unpaired) electrons. The molecule has 0 saturated carbocycles. The van der Waals surface area contributed by atoms with E-state index in [1.54, 1.807) is 7.05 Å². The van der Waals surface area contributed by atoms with Crippen LogP contribution < -0.4 is 10.9 Å². The smallest absolute Gasteiger partial charge is 0.287 e. The van der Waals surface area contributed by atoms with Crippen LogP contribution in [0.1, 0.15) is 19.8 Å². The van der Waals surface area contributed by atoms with Gasteiger partial charge in [0.2, 0.25) is 0 Å². The molecule has 1 heterocycles. The van der Waals surface area contributed by atoms with Crippen molar-refractivity contribution in [3.8, 4) is 0 Å². The number of hydrogen-bond donors (Lipinski definition) is 1. The second kappa shape index (κ2) is 7.29. The van der Waals surface area contributed by atoms with Crippen LogP contribution in [0.25, 0.3) is 0 Å². The van der Waals surface area contributed by atoms with Crippen LogP contribution in [-0.4, -0.2) is 29.5 Å². The van der Waals surface area contributed by atoms with Crippen molar-refractivity contribution in [2.24, 2.45) is 7.05 Å². The summed E-state index contributed by atoms with van der Waals surface area (Å²) in [5.41, 5.74) is 0.248. The minimum absolute atomic E-state index is 0.163. The Kier molecular flexibility index (Phi) is 6.00. The molecule has 1 aromatic rings.